The highest BCUT2D eigenvalue weighted by atomic mass is 35.5. The third kappa shape index (κ3) is 3.82. The van der Waals surface area contributed by atoms with Gasteiger partial charge in [-0.1, -0.05) is 71.8 Å². The van der Waals surface area contributed by atoms with Crippen molar-refractivity contribution in [2.24, 2.45) is 0 Å². The van der Waals surface area contributed by atoms with E-state index in [9.17, 15) is 0 Å². The molecule has 3 aromatic rings. The number of fused-ring (bicyclic) bond motifs is 4. The van der Waals surface area contributed by atoms with Crippen molar-refractivity contribution in [1.82, 2.24) is 10.4 Å². The van der Waals surface area contributed by atoms with Crippen LogP contribution in [0.5, 0.6) is 5.75 Å². The van der Waals surface area contributed by atoms with Gasteiger partial charge in [-0.15, -0.1) is 0 Å². The molecule has 168 valence electrons. The number of benzene rings is 3. The number of nitrogens with zero attached hydrogens (tertiary/aromatic N) is 1. The lowest BCUT2D eigenvalue weighted by molar-refractivity contribution is -0.921. The molecule has 1 saturated heterocycles. The van der Waals surface area contributed by atoms with Gasteiger partial charge in [0.25, 0.3) is 0 Å². The maximum atomic E-state index is 6.79. The molecule has 6 rings (SSSR count). The van der Waals surface area contributed by atoms with Gasteiger partial charge >= 0.3 is 0 Å². The first kappa shape index (κ1) is 20.8. The lowest BCUT2D eigenvalue weighted by Gasteiger charge is -2.50. The average Bonchev–Trinajstić information content (AvgIpc) is 3.29. The highest BCUT2D eigenvalue weighted by Gasteiger charge is 2.52. The molecule has 1 spiro atoms. The average molecular weight is 459 g/mol. The van der Waals surface area contributed by atoms with Crippen LogP contribution in [0, 0.1) is 6.92 Å². The summed E-state index contributed by atoms with van der Waals surface area (Å²) in [7, 11) is 0. The molecular formula is C28H29ClN3O+. The molecule has 3 heterocycles. The molecule has 3 aromatic carbocycles. The van der Waals surface area contributed by atoms with E-state index in [0.717, 1.165) is 54.5 Å². The van der Waals surface area contributed by atoms with Crippen LogP contribution < -0.4 is 15.1 Å². The smallest absolute Gasteiger partial charge is 0.191 e. The molecule has 0 bridgehead atoms. The molecule has 33 heavy (non-hydrogen) atoms. The van der Waals surface area contributed by atoms with Gasteiger partial charge in [-0.3, -0.25) is 0 Å². The van der Waals surface area contributed by atoms with Crippen LogP contribution in [0.4, 0.5) is 0 Å². The standard InChI is InChI=1S/C28H28ClN3O/c1-20-7-9-22(10-8-20)25-18-26-24-17-23(29)11-12-27(24)33-28(32(26)30-25)13-15-31(16-14-28)19-21-5-3-2-4-6-21/h2-12,17-18,26,30H,13-16,19H2,1H3/p+1. The SMILES string of the molecule is Cc1ccc(C2=CC3c4cc(Cl)ccc4OC4(CC[NH+](Cc5ccccc5)CC4)N3N2)cc1. The van der Waals surface area contributed by atoms with Gasteiger partial charge in [0, 0.05) is 16.1 Å². The second kappa shape index (κ2) is 8.21. The van der Waals surface area contributed by atoms with E-state index in [4.69, 9.17) is 16.3 Å². The lowest BCUT2D eigenvalue weighted by atomic mass is 9.92. The van der Waals surface area contributed by atoms with Crippen molar-refractivity contribution in [1.29, 1.82) is 0 Å². The van der Waals surface area contributed by atoms with Crippen molar-refractivity contribution in [2.45, 2.75) is 38.1 Å². The zero-order valence-corrected chi connectivity index (χ0v) is 19.6. The third-order valence-corrected chi connectivity index (χ3v) is 7.51. The monoisotopic (exact) mass is 458 g/mol. The molecule has 0 amide bonds. The van der Waals surface area contributed by atoms with E-state index in [1.807, 2.05) is 18.2 Å². The molecule has 5 heteroatoms. The molecule has 0 saturated carbocycles. The van der Waals surface area contributed by atoms with E-state index in [-0.39, 0.29) is 11.8 Å². The Balaban J connectivity index is 1.29. The third-order valence-electron chi connectivity index (χ3n) is 7.27. The topological polar surface area (TPSA) is 28.9 Å². The van der Waals surface area contributed by atoms with Crippen LogP contribution in [-0.4, -0.2) is 23.8 Å². The van der Waals surface area contributed by atoms with Crippen molar-refractivity contribution in [3.63, 3.8) is 0 Å². The number of rotatable bonds is 3. The number of aryl methyl sites for hydroxylation is 1. The minimum atomic E-state index is -0.366. The Morgan fingerprint density at radius 3 is 2.55 bits per heavy atom. The van der Waals surface area contributed by atoms with Crippen LogP contribution in [0.2, 0.25) is 5.02 Å². The Morgan fingerprint density at radius 1 is 1.03 bits per heavy atom. The molecule has 1 unspecified atom stereocenters. The summed E-state index contributed by atoms with van der Waals surface area (Å²) in [4.78, 5) is 1.61. The number of likely N-dealkylation sites (tertiary alicyclic amines) is 1. The number of nitrogens with one attached hydrogen (secondary N) is 2. The largest absolute Gasteiger partial charge is 0.470 e. The summed E-state index contributed by atoms with van der Waals surface area (Å²) in [5.74, 6) is 0.954. The Hall–Kier alpha value is -2.79. The fourth-order valence-electron chi connectivity index (χ4n) is 5.44. The van der Waals surface area contributed by atoms with Crippen LogP contribution in [-0.2, 0) is 6.54 Å². The van der Waals surface area contributed by atoms with Crippen LogP contribution in [0.25, 0.3) is 5.70 Å². The van der Waals surface area contributed by atoms with Gasteiger partial charge in [0.05, 0.1) is 37.7 Å². The molecule has 1 atom stereocenters. The van der Waals surface area contributed by atoms with E-state index in [0.29, 0.717) is 0 Å². The fourth-order valence-corrected chi connectivity index (χ4v) is 5.62. The summed E-state index contributed by atoms with van der Waals surface area (Å²) >= 11 is 6.39. The molecule has 1 fully saturated rings. The van der Waals surface area contributed by atoms with Crippen LogP contribution in [0.3, 0.4) is 0 Å². The summed E-state index contributed by atoms with van der Waals surface area (Å²) in [6.07, 6.45) is 4.26. The summed E-state index contributed by atoms with van der Waals surface area (Å²) < 4.78 is 6.79. The highest BCUT2D eigenvalue weighted by Crippen LogP contribution is 2.48. The molecule has 0 aliphatic carbocycles. The first-order valence-corrected chi connectivity index (χ1v) is 12.2. The van der Waals surface area contributed by atoms with Gasteiger partial charge in [0.2, 0.25) is 0 Å². The van der Waals surface area contributed by atoms with Gasteiger partial charge in [-0.05, 0) is 36.8 Å². The fraction of sp³-hybridized carbons (Fsp3) is 0.286. The number of hydrogen-bond donors (Lipinski definition) is 2. The number of halogens is 1. The van der Waals surface area contributed by atoms with Gasteiger partial charge in [0.15, 0.2) is 5.72 Å². The van der Waals surface area contributed by atoms with Gasteiger partial charge in [-0.25, -0.2) is 0 Å². The highest BCUT2D eigenvalue weighted by molar-refractivity contribution is 6.30. The summed E-state index contributed by atoms with van der Waals surface area (Å²) in [5.41, 5.74) is 9.48. The maximum Gasteiger partial charge on any atom is 0.191 e. The molecular weight excluding hydrogens is 430 g/mol. The van der Waals surface area contributed by atoms with Crippen molar-refractivity contribution in [2.75, 3.05) is 13.1 Å². The van der Waals surface area contributed by atoms with Gasteiger partial charge < -0.3 is 15.1 Å². The van der Waals surface area contributed by atoms with Crippen molar-refractivity contribution in [3.8, 4) is 5.75 Å². The molecule has 2 N–H and O–H groups in total. The number of quaternary nitrogens is 1. The van der Waals surface area contributed by atoms with Gasteiger partial charge in [0.1, 0.15) is 12.3 Å². The quantitative estimate of drug-likeness (QED) is 0.604. The zero-order valence-electron chi connectivity index (χ0n) is 18.9. The number of ether oxygens (including phenoxy) is 1. The van der Waals surface area contributed by atoms with Crippen LogP contribution >= 0.6 is 11.6 Å². The van der Waals surface area contributed by atoms with E-state index in [2.05, 4.69) is 78.0 Å². The summed E-state index contributed by atoms with van der Waals surface area (Å²) in [6, 6.07) is 25.6. The predicted octanol–water partition coefficient (Wildman–Crippen LogP) is 4.52. The van der Waals surface area contributed by atoms with Crippen molar-refractivity contribution >= 4 is 17.3 Å². The molecule has 3 aliphatic rings. The number of hydrogen-bond acceptors (Lipinski definition) is 3. The Kier molecular flexibility index (Phi) is 5.17. The minimum Gasteiger partial charge on any atom is -0.470 e. The first-order valence-electron chi connectivity index (χ1n) is 11.8. The summed E-state index contributed by atoms with van der Waals surface area (Å²) in [5, 5.41) is 3.09. The Morgan fingerprint density at radius 2 is 1.79 bits per heavy atom. The van der Waals surface area contributed by atoms with E-state index in [1.165, 1.54) is 16.7 Å². The Bertz CT molecular complexity index is 1180. The second-order valence-corrected chi connectivity index (χ2v) is 9.95. The Labute approximate surface area is 200 Å². The minimum absolute atomic E-state index is 0.0967. The van der Waals surface area contributed by atoms with Crippen molar-refractivity contribution < 1.29 is 9.64 Å². The van der Waals surface area contributed by atoms with Crippen molar-refractivity contribution in [3.05, 3.63) is 106 Å². The normalized spacial score (nSPS) is 26.2. The number of hydrazine groups is 1. The summed E-state index contributed by atoms with van der Waals surface area (Å²) in [6.45, 7) is 5.33. The predicted molar refractivity (Wildman–Crippen MR) is 132 cm³/mol. The molecule has 0 aromatic heterocycles. The molecule has 4 nitrogen and oxygen atoms in total. The second-order valence-electron chi connectivity index (χ2n) is 9.52. The molecule has 3 aliphatic heterocycles. The van der Waals surface area contributed by atoms with E-state index < -0.39 is 0 Å². The maximum absolute atomic E-state index is 6.79. The van der Waals surface area contributed by atoms with Gasteiger partial charge in [-0.2, -0.15) is 5.01 Å². The number of piperidine rings is 1. The van der Waals surface area contributed by atoms with Crippen LogP contribution in [0.1, 0.15) is 41.1 Å². The van der Waals surface area contributed by atoms with E-state index >= 15 is 0 Å². The van der Waals surface area contributed by atoms with E-state index in [1.54, 1.807) is 4.90 Å². The van der Waals surface area contributed by atoms with Crippen LogP contribution in [0.15, 0.2) is 78.9 Å². The lowest BCUT2D eigenvalue weighted by Crippen LogP contribution is -3.12. The first-order chi connectivity index (χ1) is 16.1. The zero-order chi connectivity index (χ0) is 22.4. The molecule has 0 radical (unpaired) electrons.